The monoisotopic (exact) mass is 946 g/mol. The van der Waals surface area contributed by atoms with Gasteiger partial charge in [0.2, 0.25) is 11.6 Å². The fourth-order valence-electron chi connectivity index (χ4n) is 4.95. The zero-order valence-electron chi connectivity index (χ0n) is 38.8. The van der Waals surface area contributed by atoms with Crippen LogP contribution in [0.15, 0.2) is 55.6 Å². The van der Waals surface area contributed by atoms with E-state index in [0.29, 0.717) is 88.0 Å². The Hall–Kier alpha value is -4.31. The average Bonchev–Trinajstić information content (AvgIpc) is 3.27. The maximum absolute atomic E-state index is 11.5. The van der Waals surface area contributed by atoms with Gasteiger partial charge in [-0.3, -0.25) is 4.79 Å². The summed E-state index contributed by atoms with van der Waals surface area (Å²) in [5, 5.41) is 0.505. The van der Waals surface area contributed by atoms with Crippen LogP contribution in [0.4, 0.5) is 0 Å². The molecule has 0 atom stereocenters. The van der Waals surface area contributed by atoms with Gasteiger partial charge < -0.3 is 42.6 Å². The van der Waals surface area contributed by atoms with Gasteiger partial charge in [0.15, 0.2) is 29.1 Å². The minimum atomic E-state index is -1.07. The molecular formula is C44H67BrN8O10. The van der Waals surface area contributed by atoms with Crippen LogP contribution >= 0.6 is 15.9 Å². The molecule has 0 aromatic carbocycles. The summed E-state index contributed by atoms with van der Waals surface area (Å²) < 4.78 is 48.5. The summed E-state index contributed by atoms with van der Waals surface area (Å²) in [6, 6.07) is 7.25. The van der Waals surface area contributed by atoms with Crippen LogP contribution in [0.2, 0.25) is 0 Å². The van der Waals surface area contributed by atoms with Gasteiger partial charge in [-0.15, -0.1) is 0 Å². The van der Waals surface area contributed by atoms with Gasteiger partial charge in [0, 0.05) is 88.2 Å². The number of ether oxygens (including phenoxy) is 9. The predicted octanol–water partition coefficient (Wildman–Crippen LogP) is 6.50. The lowest BCUT2D eigenvalue weighted by molar-refractivity contribution is -0.272. The summed E-state index contributed by atoms with van der Waals surface area (Å²) >= 11 is 3.41. The summed E-state index contributed by atoms with van der Waals surface area (Å²) in [7, 11) is 3.21. The van der Waals surface area contributed by atoms with Crippen LogP contribution in [-0.4, -0.2) is 138 Å². The number of carbonyl (C=O) groups is 1. The van der Waals surface area contributed by atoms with Crippen LogP contribution < -0.4 is 0 Å². The number of ketones is 1. The highest BCUT2D eigenvalue weighted by Crippen LogP contribution is 2.27. The Morgan fingerprint density at radius 2 is 0.984 bits per heavy atom. The second-order valence-corrected chi connectivity index (χ2v) is 13.4. The molecule has 0 amide bonds. The predicted molar refractivity (Wildman–Crippen MR) is 241 cm³/mol. The average molecular weight is 948 g/mol. The lowest BCUT2D eigenvalue weighted by atomic mass is 10.2. The van der Waals surface area contributed by atoms with E-state index in [4.69, 9.17) is 42.6 Å². The van der Waals surface area contributed by atoms with E-state index in [0.717, 1.165) is 22.8 Å². The summed E-state index contributed by atoms with van der Waals surface area (Å²) in [6.07, 6.45) is 6.67. The molecule has 0 aliphatic heterocycles. The second-order valence-electron chi connectivity index (χ2n) is 12.8. The van der Waals surface area contributed by atoms with Crippen LogP contribution in [-0.2, 0) is 54.2 Å². The first-order valence-corrected chi connectivity index (χ1v) is 21.8. The minimum Gasteiger partial charge on any atom is -0.491 e. The molecule has 63 heavy (non-hydrogen) atoms. The third-order valence-corrected chi connectivity index (χ3v) is 8.49. The number of halogens is 1. The highest BCUT2D eigenvalue weighted by atomic mass is 79.9. The van der Waals surface area contributed by atoms with Gasteiger partial charge in [0.25, 0.3) is 5.79 Å². The Morgan fingerprint density at radius 3 is 1.41 bits per heavy atom. The zero-order chi connectivity index (χ0) is 46.9. The molecule has 4 rings (SSSR count). The van der Waals surface area contributed by atoms with Crippen molar-refractivity contribution in [1.82, 2.24) is 39.9 Å². The molecule has 0 saturated carbocycles. The van der Waals surface area contributed by atoms with Crippen LogP contribution in [0, 0.1) is 27.7 Å². The Balaban J connectivity index is 0.000000426. The summed E-state index contributed by atoms with van der Waals surface area (Å²) in [6.45, 7) is 25.5. The van der Waals surface area contributed by atoms with Crippen LogP contribution in [0.5, 0.6) is 0 Å². The van der Waals surface area contributed by atoms with E-state index in [1.54, 1.807) is 45.1 Å². The Kier molecular flexibility index (Phi) is 29.9. The van der Waals surface area contributed by atoms with Crippen molar-refractivity contribution in [2.45, 2.75) is 73.9 Å². The summed E-state index contributed by atoms with van der Waals surface area (Å²) in [5.74, 6) is 0.186. The van der Waals surface area contributed by atoms with E-state index >= 15 is 0 Å². The molecule has 350 valence electrons. The molecule has 0 radical (unpaired) electrons. The van der Waals surface area contributed by atoms with E-state index in [9.17, 15) is 4.79 Å². The van der Waals surface area contributed by atoms with Crippen molar-refractivity contribution >= 4 is 27.5 Å². The lowest BCUT2D eigenvalue weighted by Gasteiger charge is -2.31. The fraction of sp³-hybridized carbons (Fsp3) is 0.568. The van der Waals surface area contributed by atoms with Crippen molar-refractivity contribution in [3.63, 3.8) is 0 Å². The number of carbonyl (C=O) groups excluding carboxylic acids is 1. The highest BCUT2D eigenvalue weighted by Gasteiger charge is 2.38. The molecular weight excluding hydrogens is 880 g/mol. The standard InChI is InChI=1S/C14H24N2O4.C11H17BrN2O2.C10H14N2O3.C9H12N2O/c1-5-19-14(20-6-2,11-18-10-9-17-4)13-15-8-7-12(3)16-13;1-4-15-11(8-12,16-5-2)10-13-7-6-9(3)14-10;1-8-3-4-11-10(12-8)9(13)7-15-6-5-14-2;1-4-12-8(3)9-10-6-5-7(2)11-9/h7-8H,5-6,9-11H2,1-4H3;6-7H,4-5,8H2,1-3H3;3-4H,5-7H2,1-2H3;5-6H,3-4H2,1-2H3. The van der Waals surface area contributed by atoms with E-state index in [-0.39, 0.29) is 24.8 Å². The first-order valence-electron chi connectivity index (χ1n) is 20.6. The molecule has 0 spiro atoms. The molecule has 0 aliphatic carbocycles. The van der Waals surface area contributed by atoms with E-state index in [1.165, 1.54) is 0 Å². The Bertz CT molecular complexity index is 1850. The number of Topliss-reactive ketones (excluding diaryl/α,β-unsaturated/α-hetero) is 1. The molecule has 4 aromatic rings. The Labute approximate surface area is 381 Å². The molecule has 18 nitrogen and oxygen atoms in total. The molecule has 0 bridgehead atoms. The minimum absolute atomic E-state index is 0.00713. The van der Waals surface area contributed by atoms with Crippen LogP contribution in [0.3, 0.4) is 0 Å². The van der Waals surface area contributed by atoms with Crippen molar-refractivity contribution in [3.8, 4) is 0 Å². The van der Waals surface area contributed by atoms with E-state index in [1.807, 2.05) is 80.5 Å². The number of nitrogens with zero attached hydrogens (tertiary/aromatic N) is 8. The maximum Gasteiger partial charge on any atom is 0.254 e. The smallest absolute Gasteiger partial charge is 0.254 e. The topological polar surface area (TPSA) is 203 Å². The molecule has 4 heterocycles. The molecule has 4 aromatic heterocycles. The molecule has 0 N–H and O–H groups in total. The van der Waals surface area contributed by atoms with E-state index in [2.05, 4.69) is 62.4 Å². The molecule has 0 saturated heterocycles. The van der Waals surface area contributed by atoms with Crippen molar-refractivity contribution < 1.29 is 47.4 Å². The first-order chi connectivity index (χ1) is 30.3. The van der Waals surface area contributed by atoms with Crippen molar-refractivity contribution in [2.75, 3.05) is 92.2 Å². The van der Waals surface area contributed by atoms with Gasteiger partial charge in [-0.1, -0.05) is 22.5 Å². The maximum atomic E-state index is 11.5. The third-order valence-electron chi connectivity index (χ3n) is 7.75. The summed E-state index contributed by atoms with van der Waals surface area (Å²) in [4.78, 5) is 44.8. The van der Waals surface area contributed by atoms with Crippen LogP contribution in [0.25, 0.3) is 5.76 Å². The number of alkyl halides is 1. The number of methoxy groups -OCH3 is 2. The van der Waals surface area contributed by atoms with Gasteiger partial charge in [0.1, 0.15) is 13.2 Å². The van der Waals surface area contributed by atoms with Gasteiger partial charge in [-0.05, 0) is 86.6 Å². The fourth-order valence-corrected chi connectivity index (χ4v) is 5.52. The molecule has 19 heteroatoms. The molecule has 0 aliphatic rings. The Morgan fingerprint density at radius 1 is 0.571 bits per heavy atom. The first kappa shape index (κ1) is 56.7. The molecule has 0 fully saturated rings. The third kappa shape index (κ3) is 21.8. The SMILES string of the molecule is C=C(OCC)c1nccc(C)n1.CCOC(CBr)(OCC)c1nccc(C)n1.CCOC(COCCOC)(OCC)c1nccc(C)n1.COCCOCC(=O)c1nccc(C)n1. The van der Waals surface area contributed by atoms with Gasteiger partial charge in [-0.25, -0.2) is 39.9 Å². The number of aromatic nitrogens is 8. The number of rotatable bonds is 25. The normalized spacial score (nSPS) is 11.0. The van der Waals surface area contributed by atoms with Crippen molar-refractivity contribution in [3.05, 3.63) is 102 Å². The number of aryl methyl sites for hydroxylation is 4. The van der Waals surface area contributed by atoms with Gasteiger partial charge >= 0.3 is 0 Å². The number of hydrogen-bond donors (Lipinski definition) is 0. The largest absolute Gasteiger partial charge is 0.491 e. The number of hydrogen-bond acceptors (Lipinski definition) is 18. The van der Waals surface area contributed by atoms with Gasteiger partial charge in [-0.2, -0.15) is 0 Å². The van der Waals surface area contributed by atoms with Crippen molar-refractivity contribution in [2.24, 2.45) is 0 Å². The quantitative estimate of drug-likeness (QED) is 0.0229. The van der Waals surface area contributed by atoms with Crippen molar-refractivity contribution in [1.29, 1.82) is 0 Å². The highest BCUT2D eigenvalue weighted by molar-refractivity contribution is 9.09. The van der Waals surface area contributed by atoms with Crippen LogP contribution in [0.1, 0.15) is 85.5 Å². The second kappa shape index (κ2) is 33.2. The zero-order valence-corrected chi connectivity index (χ0v) is 40.4. The van der Waals surface area contributed by atoms with Gasteiger partial charge in [0.05, 0.1) is 38.4 Å². The molecule has 0 unspecified atom stereocenters. The lowest BCUT2D eigenvalue weighted by Crippen LogP contribution is -2.40. The van der Waals surface area contributed by atoms with E-state index < -0.39 is 11.6 Å². The summed E-state index contributed by atoms with van der Waals surface area (Å²) in [5.41, 5.74) is 3.44.